The number of likely N-dealkylation sites (tertiary alicyclic amines) is 1. The first-order chi connectivity index (χ1) is 9.85. The third-order valence-electron chi connectivity index (χ3n) is 3.65. The van der Waals surface area contributed by atoms with Gasteiger partial charge in [0.2, 0.25) is 0 Å². The molecule has 1 unspecified atom stereocenters. The number of nitrogens with zero attached hydrogens (tertiary/aromatic N) is 2. The fraction of sp³-hybridized carbons (Fsp3) is 0.562. The third-order valence-corrected chi connectivity index (χ3v) is 4.24. The minimum absolute atomic E-state index is 0.639. The van der Waals surface area contributed by atoms with Crippen LogP contribution in [0.25, 0.3) is 0 Å². The summed E-state index contributed by atoms with van der Waals surface area (Å²) in [5, 5.41) is 3.42. The Hall–Kier alpha value is -1.16. The van der Waals surface area contributed by atoms with Gasteiger partial charge in [-0.2, -0.15) is 11.8 Å². The molecule has 4 heteroatoms. The molecule has 3 nitrogen and oxygen atoms in total. The Morgan fingerprint density at radius 3 is 2.90 bits per heavy atom. The highest BCUT2D eigenvalue weighted by atomic mass is 32.2. The van der Waals surface area contributed by atoms with Gasteiger partial charge in [-0.05, 0) is 25.2 Å². The molecule has 1 aromatic rings. The van der Waals surface area contributed by atoms with Gasteiger partial charge in [-0.3, -0.25) is 4.99 Å². The SMILES string of the molecule is CCNC(=NCCSC)N1CCC(c2ccccc2)C1. The van der Waals surface area contributed by atoms with Crippen LogP contribution >= 0.6 is 11.8 Å². The molecule has 1 aromatic carbocycles. The molecule has 2 rings (SSSR count). The summed E-state index contributed by atoms with van der Waals surface area (Å²) in [6.45, 7) is 6.15. The molecule has 1 atom stereocenters. The van der Waals surface area contributed by atoms with Gasteiger partial charge in [-0.15, -0.1) is 0 Å². The highest BCUT2D eigenvalue weighted by molar-refractivity contribution is 7.98. The highest BCUT2D eigenvalue weighted by Gasteiger charge is 2.25. The Labute approximate surface area is 126 Å². The minimum atomic E-state index is 0.639. The van der Waals surface area contributed by atoms with Crippen LogP contribution in [0.2, 0.25) is 0 Å². The first-order valence-corrected chi connectivity index (χ1v) is 8.81. The molecule has 1 saturated heterocycles. The Morgan fingerprint density at radius 1 is 1.40 bits per heavy atom. The van der Waals surface area contributed by atoms with Gasteiger partial charge in [0.15, 0.2) is 5.96 Å². The van der Waals surface area contributed by atoms with Crippen LogP contribution in [0, 0.1) is 0 Å². The lowest BCUT2D eigenvalue weighted by molar-refractivity contribution is 0.487. The number of thioether (sulfide) groups is 1. The smallest absolute Gasteiger partial charge is 0.193 e. The van der Waals surface area contributed by atoms with Crippen LogP contribution in [-0.4, -0.2) is 49.0 Å². The molecular weight excluding hydrogens is 266 g/mol. The Bertz CT molecular complexity index is 419. The van der Waals surface area contributed by atoms with E-state index in [9.17, 15) is 0 Å². The van der Waals surface area contributed by atoms with E-state index in [1.54, 1.807) is 0 Å². The number of nitrogens with one attached hydrogen (secondary N) is 1. The predicted molar refractivity (Wildman–Crippen MR) is 89.7 cm³/mol. The first kappa shape index (κ1) is 15.2. The van der Waals surface area contributed by atoms with E-state index in [4.69, 9.17) is 4.99 Å². The van der Waals surface area contributed by atoms with Gasteiger partial charge in [-0.25, -0.2) is 0 Å². The monoisotopic (exact) mass is 291 g/mol. The maximum absolute atomic E-state index is 4.72. The molecule has 0 spiro atoms. The fourth-order valence-corrected chi connectivity index (χ4v) is 2.89. The summed E-state index contributed by atoms with van der Waals surface area (Å²) in [4.78, 5) is 7.13. The van der Waals surface area contributed by atoms with E-state index in [1.807, 2.05) is 11.8 Å². The summed E-state index contributed by atoms with van der Waals surface area (Å²) in [7, 11) is 0. The zero-order valence-corrected chi connectivity index (χ0v) is 13.3. The van der Waals surface area contributed by atoms with Crippen molar-refractivity contribution in [1.82, 2.24) is 10.2 Å². The van der Waals surface area contributed by atoms with E-state index < -0.39 is 0 Å². The highest BCUT2D eigenvalue weighted by Crippen LogP contribution is 2.26. The average Bonchev–Trinajstić information content (AvgIpc) is 2.97. The molecule has 1 aliphatic rings. The lowest BCUT2D eigenvalue weighted by Gasteiger charge is -2.21. The van der Waals surface area contributed by atoms with Gasteiger partial charge in [0, 0.05) is 31.3 Å². The van der Waals surface area contributed by atoms with Crippen LogP contribution < -0.4 is 5.32 Å². The zero-order chi connectivity index (χ0) is 14.2. The molecule has 1 fully saturated rings. The average molecular weight is 291 g/mol. The number of hydrogen-bond donors (Lipinski definition) is 1. The van der Waals surface area contributed by atoms with Crippen molar-refractivity contribution in [1.29, 1.82) is 0 Å². The molecule has 0 saturated carbocycles. The molecule has 20 heavy (non-hydrogen) atoms. The largest absolute Gasteiger partial charge is 0.357 e. The molecular formula is C16H25N3S. The van der Waals surface area contributed by atoms with Gasteiger partial charge in [0.25, 0.3) is 0 Å². The quantitative estimate of drug-likeness (QED) is 0.513. The maximum atomic E-state index is 4.72. The molecule has 110 valence electrons. The second-order valence-corrected chi connectivity index (χ2v) is 6.06. The summed E-state index contributed by atoms with van der Waals surface area (Å²) < 4.78 is 0. The summed E-state index contributed by atoms with van der Waals surface area (Å²) in [5.74, 6) is 2.81. The van der Waals surface area contributed by atoms with Crippen molar-refractivity contribution < 1.29 is 0 Å². The minimum Gasteiger partial charge on any atom is -0.357 e. The summed E-state index contributed by atoms with van der Waals surface area (Å²) in [6, 6.07) is 10.8. The molecule has 0 aliphatic carbocycles. The Morgan fingerprint density at radius 2 is 2.20 bits per heavy atom. The fourth-order valence-electron chi connectivity index (χ4n) is 2.62. The van der Waals surface area contributed by atoms with Gasteiger partial charge < -0.3 is 10.2 Å². The molecule has 0 radical (unpaired) electrons. The van der Waals surface area contributed by atoms with Crippen LogP contribution in [0.5, 0.6) is 0 Å². The van der Waals surface area contributed by atoms with Crippen molar-refractivity contribution in [3.8, 4) is 0 Å². The van der Waals surface area contributed by atoms with E-state index >= 15 is 0 Å². The van der Waals surface area contributed by atoms with E-state index in [-0.39, 0.29) is 0 Å². The van der Waals surface area contributed by atoms with E-state index in [2.05, 4.69) is 53.7 Å². The summed E-state index contributed by atoms with van der Waals surface area (Å²) in [5.41, 5.74) is 1.45. The molecule has 0 amide bonds. The lowest BCUT2D eigenvalue weighted by atomic mass is 9.99. The molecule has 0 bridgehead atoms. The second kappa shape index (κ2) is 8.20. The zero-order valence-electron chi connectivity index (χ0n) is 12.5. The Balaban J connectivity index is 1.97. The number of benzene rings is 1. The van der Waals surface area contributed by atoms with Gasteiger partial charge in [0.1, 0.15) is 0 Å². The van der Waals surface area contributed by atoms with Crippen molar-refractivity contribution in [3.63, 3.8) is 0 Å². The number of guanidine groups is 1. The normalized spacial score (nSPS) is 19.4. The number of rotatable bonds is 5. The van der Waals surface area contributed by atoms with Crippen molar-refractivity contribution in [2.45, 2.75) is 19.3 Å². The van der Waals surface area contributed by atoms with Crippen LogP contribution in [0.1, 0.15) is 24.8 Å². The molecule has 1 N–H and O–H groups in total. The molecule has 1 aliphatic heterocycles. The van der Waals surface area contributed by atoms with E-state index in [0.717, 1.165) is 37.9 Å². The van der Waals surface area contributed by atoms with E-state index in [0.29, 0.717) is 5.92 Å². The standard InChI is InChI=1S/C16H25N3S/c1-3-17-16(18-10-12-20-2)19-11-9-15(13-19)14-7-5-4-6-8-14/h4-8,15H,3,9-13H2,1-2H3,(H,17,18). The molecule has 1 heterocycles. The van der Waals surface area contributed by atoms with Crippen molar-refractivity contribution in [2.24, 2.45) is 4.99 Å². The lowest BCUT2D eigenvalue weighted by Crippen LogP contribution is -2.40. The third kappa shape index (κ3) is 4.17. The Kier molecular flexibility index (Phi) is 6.25. The van der Waals surface area contributed by atoms with E-state index in [1.165, 1.54) is 12.0 Å². The van der Waals surface area contributed by atoms with Gasteiger partial charge in [-0.1, -0.05) is 30.3 Å². The number of hydrogen-bond acceptors (Lipinski definition) is 2. The van der Waals surface area contributed by atoms with Crippen molar-refractivity contribution in [3.05, 3.63) is 35.9 Å². The van der Waals surface area contributed by atoms with Crippen molar-refractivity contribution in [2.75, 3.05) is 38.2 Å². The predicted octanol–water partition coefficient (Wildman–Crippen LogP) is 2.80. The van der Waals surface area contributed by atoms with Crippen LogP contribution in [-0.2, 0) is 0 Å². The van der Waals surface area contributed by atoms with Gasteiger partial charge >= 0.3 is 0 Å². The summed E-state index contributed by atoms with van der Waals surface area (Å²) >= 11 is 1.85. The topological polar surface area (TPSA) is 27.6 Å². The van der Waals surface area contributed by atoms with Crippen LogP contribution in [0.15, 0.2) is 35.3 Å². The number of aliphatic imine (C=N–C) groups is 1. The van der Waals surface area contributed by atoms with Gasteiger partial charge in [0.05, 0.1) is 6.54 Å². The first-order valence-electron chi connectivity index (χ1n) is 7.42. The van der Waals surface area contributed by atoms with Crippen LogP contribution in [0.4, 0.5) is 0 Å². The molecule has 0 aromatic heterocycles. The second-order valence-electron chi connectivity index (χ2n) is 5.07. The summed E-state index contributed by atoms with van der Waals surface area (Å²) in [6.07, 6.45) is 3.35. The van der Waals surface area contributed by atoms with Crippen molar-refractivity contribution >= 4 is 17.7 Å². The maximum Gasteiger partial charge on any atom is 0.193 e. The van der Waals surface area contributed by atoms with Crippen LogP contribution in [0.3, 0.4) is 0 Å².